The molecule has 5 nitrogen and oxygen atoms in total. The number of hydrogen-bond donors (Lipinski definition) is 2. The fourth-order valence-corrected chi connectivity index (χ4v) is 2.43. The summed E-state index contributed by atoms with van der Waals surface area (Å²) in [6.07, 6.45) is 0. The average Bonchev–Trinajstić information content (AvgIpc) is 2.63. The van der Waals surface area contributed by atoms with Crippen LogP contribution in [-0.2, 0) is 0 Å². The van der Waals surface area contributed by atoms with E-state index in [-0.39, 0.29) is 0 Å². The van der Waals surface area contributed by atoms with Crippen LogP contribution in [0.2, 0.25) is 0 Å². The standard InChI is InChI=1S/C19H21N5/c1-3-20-18-12-6-10-16(23-18)14-8-5-9-15(22-14)17-11-7-13-19(24-17)21-4-2/h5-13H,3-4H2,1-2H3,(H,20,23)(H,21,24). The molecule has 3 aromatic rings. The number of nitrogens with one attached hydrogen (secondary N) is 2. The maximum atomic E-state index is 4.74. The van der Waals surface area contributed by atoms with Gasteiger partial charge >= 0.3 is 0 Å². The Balaban J connectivity index is 1.94. The predicted molar refractivity (Wildman–Crippen MR) is 99.0 cm³/mol. The van der Waals surface area contributed by atoms with Gasteiger partial charge in [0.05, 0.1) is 22.8 Å². The van der Waals surface area contributed by atoms with E-state index in [1.165, 1.54) is 0 Å². The molecular formula is C19H21N5. The van der Waals surface area contributed by atoms with Crippen LogP contribution < -0.4 is 10.6 Å². The van der Waals surface area contributed by atoms with Gasteiger partial charge in [-0.05, 0) is 50.2 Å². The van der Waals surface area contributed by atoms with Gasteiger partial charge < -0.3 is 10.6 Å². The van der Waals surface area contributed by atoms with Gasteiger partial charge in [-0.3, -0.25) is 0 Å². The van der Waals surface area contributed by atoms with Gasteiger partial charge in [0.25, 0.3) is 0 Å². The van der Waals surface area contributed by atoms with Gasteiger partial charge in [-0.25, -0.2) is 15.0 Å². The molecule has 2 N–H and O–H groups in total. The van der Waals surface area contributed by atoms with E-state index in [2.05, 4.69) is 34.4 Å². The quantitative estimate of drug-likeness (QED) is 0.717. The van der Waals surface area contributed by atoms with Crippen LogP contribution in [-0.4, -0.2) is 28.0 Å². The fourth-order valence-electron chi connectivity index (χ4n) is 2.43. The normalized spacial score (nSPS) is 10.4. The van der Waals surface area contributed by atoms with E-state index in [1.807, 2.05) is 54.6 Å². The highest BCUT2D eigenvalue weighted by atomic mass is 15.0. The summed E-state index contributed by atoms with van der Waals surface area (Å²) in [7, 11) is 0. The third-order valence-electron chi connectivity index (χ3n) is 3.49. The molecule has 5 heteroatoms. The molecule has 24 heavy (non-hydrogen) atoms. The van der Waals surface area contributed by atoms with Crippen LogP contribution >= 0.6 is 0 Å². The van der Waals surface area contributed by atoms with Crippen LogP contribution in [0.15, 0.2) is 54.6 Å². The molecule has 0 saturated heterocycles. The molecule has 0 atom stereocenters. The lowest BCUT2D eigenvalue weighted by Crippen LogP contribution is -2.01. The van der Waals surface area contributed by atoms with Crippen molar-refractivity contribution in [1.29, 1.82) is 0 Å². The average molecular weight is 319 g/mol. The minimum atomic E-state index is 0.836. The van der Waals surface area contributed by atoms with E-state index in [1.54, 1.807) is 0 Å². The second-order valence-electron chi connectivity index (χ2n) is 5.28. The molecule has 3 aromatic heterocycles. The van der Waals surface area contributed by atoms with Crippen molar-refractivity contribution in [2.75, 3.05) is 23.7 Å². The smallest absolute Gasteiger partial charge is 0.126 e. The van der Waals surface area contributed by atoms with Crippen LogP contribution in [0.3, 0.4) is 0 Å². The van der Waals surface area contributed by atoms with E-state index in [4.69, 9.17) is 4.98 Å². The van der Waals surface area contributed by atoms with E-state index in [0.29, 0.717) is 0 Å². The topological polar surface area (TPSA) is 62.7 Å². The number of hydrogen-bond acceptors (Lipinski definition) is 5. The second-order valence-corrected chi connectivity index (χ2v) is 5.28. The van der Waals surface area contributed by atoms with Crippen molar-refractivity contribution in [2.45, 2.75) is 13.8 Å². The largest absolute Gasteiger partial charge is 0.370 e. The summed E-state index contributed by atoms with van der Waals surface area (Å²) < 4.78 is 0. The SMILES string of the molecule is CCNc1cccc(-c2cccc(-c3cccc(NCC)n3)n2)n1. The maximum Gasteiger partial charge on any atom is 0.126 e. The number of rotatable bonds is 6. The Morgan fingerprint density at radius 1 is 0.583 bits per heavy atom. The Morgan fingerprint density at radius 3 is 1.38 bits per heavy atom. The van der Waals surface area contributed by atoms with Crippen LogP contribution in [0.25, 0.3) is 22.8 Å². The monoisotopic (exact) mass is 319 g/mol. The minimum absolute atomic E-state index is 0.836. The van der Waals surface area contributed by atoms with Crippen molar-refractivity contribution < 1.29 is 0 Å². The first kappa shape index (κ1) is 15.9. The van der Waals surface area contributed by atoms with Crippen molar-refractivity contribution in [1.82, 2.24) is 15.0 Å². The van der Waals surface area contributed by atoms with Gasteiger partial charge in [-0.2, -0.15) is 0 Å². The highest BCUT2D eigenvalue weighted by Gasteiger charge is 2.07. The number of pyridine rings is 3. The predicted octanol–water partition coefficient (Wildman–Crippen LogP) is 4.07. The molecule has 0 aliphatic heterocycles. The molecule has 0 saturated carbocycles. The van der Waals surface area contributed by atoms with Gasteiger partial charge in [-0.1, -0.05) is 18.2 Å². The summed E-state index contributed by atoms with van der Waals surface area (Å²) in [5.41, 5.74) is 3.36. The highest BCUT2D eigenvalue weighted by Crippen LogP contribution is 2.22. The van der Waals surface area contributed by atoms with E-state index in [0.717, 1.165) is 47.5 Å². The second kappa shape index (κ2) is 7.55. The molecule has 0 aliphatic rings. The van der Waals surface area contributed by atoms with E-state index >= 15 is 0 Å². The summed E-state index contributed by atoms with van der Waals surface area (Å²) in [5, 5.41) is 6.45. The number of aromatic nitrogens is 3. The summed E-state index contributed by atoms with van der Waals surface area (Å²) in [6.45, 7) is 5.78. The van der Waals surface area contributed by atoms with Crippen molar-refractivity contribution in [3.8, 4) is 22.8 Å². The van der Waals surface area contributed by atoms with Crippen molar-refractivity contribution in [3.63, 3.8) is 0 Å². The number of nitrogens with zero attached hydrogens (tertiary/aromatic N) is 3. The van der Waals surface area contributed by atoms with Crippen LogP contribution in [0, 0.1) is 0 Å². The van der Waals surface area contributed by atoms with Gasteiger partial charge in [0.15, 0.2) is 0 Å². The van der Waals surface area contributed by atoms with Gasteiger partial charge in [0.1, 0.15) is 11.6 Å². The Hall–Kier alpha value is -2.95. The lowest BCUT2D eigenvalue weighted by molar-refractivity contribution is 1.14. The van der Waals surface area contributed by atoms with Gasteiger partial charge in [-0.15, -0.1) is 0 Å². The maximum absolute atomic E-state index is 4.74. The van der Waals surface area contributed by atoms with Crippen molar-refractivity contribution in [3.05, 3.63) is 54.6 Å². The molecule has 0 amide bonds. The molecule has 0 aromatic carbocycles. The van der Waals surface area contributed by atoms with Crippen LogP contribution in [0.5, 0.6) is 0 Å². The molecule has 0 radical (unpaired) electrons. The first-order valence-electron chi connectivity index (χ1n) is 8.20. The summed E-state index contributed by atoms with van der Waals surface area (Å²) in [5.74, 6) is 1.71. The first-order chi connectivity index (χ1) is 11.8. The molecule has 0 fully saturated rings. The fraction of sp³-hybridized carbons (Fsp3) is 0.211. The first-order valence-corrected chi connectivity index (χ1v) is 8.20. The highest BCUT2D eigenvalue weighted by molar-refractivity contribution is 5.63. The third-order valence-corrected chi connectivity index (χ3v) is 3.49. The Bertz CT molecular complexity index is 751. The zero-order valence-corrected chi connectivity index (χ0v) is 14.0. The van der Waals surface area contributed by atoms with E-state index < -0.39 is 0 Å². The summed E-state index contributed by atoms with van der Waals surface area (Å²) in [6, 6.07) is 17.7. The van der Waals surface area contributed by atoms with Crippen molar-refractivity contribution >= 4 is 11.6 Å². The lowest BCUT2D eigenvalue weighted by atomic mass is 10.2. The summed E-state index contributed by atoms with van der Waals surface area (Å²) >= 11 is 0. The van der Waals surface area contributed by atoms with Gasteiger partial charge in [0, 0.05) is 13.1 Å². The van der Waals surface area contributed by atoms with E-state index in [9.17, 15) is 0 Å². The van der Waals surface area contributed by atoms with Crippen LogP contribution in [0.1, 0.15) is 13.8 Å². The Labute approximate surface area is 142 Å². The molecule has 0 unspecified atom stereocenters. The number of anilines is 2. The van der Waals surface area contributed by atoms with Crippen LogP contribution in [0.4, 0.5) is 11.6 Å². The molecule has 3 rings (SSSR count). The molecule has 122 valence electrons. The third kappa shape index (κ3) is 3.68. The van der Waals surface area contributed by atoms with Crippen molar-refractivity contribution in [2.24, 2.45) is 0 Å². The molecular weight excluding hydrogens is 298 g/mol. The molecule has 0 bridgehead atoms. The minimum Gasteiger partial charge on any atom is -0.370 e. The van der Waals surface area contributed by atoms with Gasteiger partial charge in [0.2, 0.25) is 0 Å². The summed E-state index contributed by atoms with van der Waals surface area (Å²) in [4.78, 5) is 14.0. The molecule has 3 heterocycles. The Kier molecular flexibility index (Phi) is 5.01. The zero-order valence-electron chi connectivity index (χ0n) is 14.0. The lowest BCUT2D eigenvalue weighted by Gasteiger charge is -2.08. The molecule has 0 aliphatic carbocycles. The molecule has 0 spiro atoms. The zero-order chi connectivity index (χ0) is 16.8. The Morgan fingerprint density at radius 2 is 0.958 bits per heavy atom.